The Morgan fingerprint density at radius 3 is 0.673 bits per heavy atom. The molecule has 12 heteroatoms. The lowest BCUT2D eigenvalue weighted by atomic mass is 9.63. The average Bonchev–Trinajstić information content (AvgIpc) is 0.703. The highest BCUT2D eigenvalue weighted by molar-refractivity contribution is 5.84. The number of hydrogen-bond donors (Lipinski definition) is 0. The third-order valence-electron chi connectivity index (χ3n) is 28.4. The molecule has 0 fully saturated rings. The zero-order valence-corrected chi connectivity index (χ0v) is 81.4. The summed E-state index contributed by atoms with van der Waals surface area (Å²) in [5.74, 6) is 10.1. The van der Waals surface area contributed by atoms with Gasteiger partial charge in [0.1, 0.15) is 34.5 Å². The average molecular weight is 1930 g/mol. The lowest BCUT2D eigenvalue weighted by Crippen LogP contribution is -2.34. The number of fused-ring (bicyclic) bond motifs is 6. The van der Waals surface area contributed by atoms with Crippen molar-refractivity contribution in [3.05, 3.63) is 631 Å². The first kappa shape index (κ1) is 91.3. The van der Waals surface area contributed by atoms with Gasteiger partial charge in [0, 0.05) is 77.9 Å². The lowest BCUT2D eigenvalue weighted by molar-refractivity contribution is 0.434. The fourth-order valence-corrected chi connectivity index (χ4v) is 21.5. The monoisotopic (exact) mass is 1920 g/mol. The molecule has 6 heterocycles. The predicted octanol–water partition coefficient (Wildman–Crippen LogP) is 33.1. The molecule has 27 rings (SSSR count). The van der Waals surface area contributed by atoms with Crippen molar-refractivity contribution in [2.24, 2.45) is 0 Å². The molecule has 0 unspecified atom stereocenters. The quantitative estimate of drug-likeness (QED) is 0.0806. The third kappa shape index (κ3) is 17.2. The first-order valence-corrected chi connectivity index (χ1v) is 50.3. The van der Waals surface area contributed by atoms with E-state index < -0.39 is 16.2 Å². The molecular formula is C138H93N9O3. The Labute approximate surface area is 870 Å². The molecule has 3 aliphatic heterocycles. The number of aromatic nitrogens is 9. The highest BCUT2D eigenvalue weighted by Gasteiger charge is 2.49. The molecule has 0 bridgehead atoms. The zero-order valence-electron chi connectivity index (χ0n) is 81.4. The van der Waals surface area contributed by atoms with Crippen molar-refractivity contribution in [1.29, 1.82) is 0 Å². The molecule has 0 saturated carbocycles. The fourth-order valence-electron chi connectivity index (χ4n) is 21.5. The van der Waals surface area contributed by atoms with Gasteiger partial charge < -0.3 is 14.2 Å². The highest BCUT2D eigenvalue weighted by atomic mass is 16.5. The minimum atomic E-state index is -0.648. The number of benzene rings is 21. The Balaban J connectivity index is 0.000000116. The van der Waals surface area contributed by atoms with Gasteiger partial charge in [-0.2, -0.15) is 0 Å². The van der Waals surface area contributed by atoms with Crippen LogP contribution in [0.4, 0.5) is 0 Å². The molecule has 3 aliphatic rings. The summed E-state index contributed by atoms with van der Waals surface area (Å²) in [5, 5.41) is 0. The van der Waals surface area contributed by atoms with Gasteiger partial charge in [-0.25, -0.2) is 44.9 Å². The second kappa shape index (κ2) is 40.3. The highest BCUT2D eigenvalue weighted by Crippen LogP contribution is 2.61. The maximum absolute atomic E-state index is 6.93. The van der Waals surface area contributed by atoms with E-state index in [4.69, 9.17) is 59.1 Å². The molecule has 24 aromatic rings. The van der Waals surface area contributed by atoms with Gasteiger partial charge >= 0.3 is 0 Å². The van der Waals surface area contributed by atoms with Gasteiger partial charge in [0.05, 0.1) is 21.8 Å². The van der Waals surface area contributed by atoms with E-state index in [2.05, 4.69) is 437 Å². The van der Waals surface area contributed by atoms with E-state index in [1.54, 1.807) is 0 Å². The molecular weight excluding hydrogens is 1830 g/mol. The van der Waals surface area contributed by atoms with Gasteiger partial charge in [-0.15, -0.1) is 0 Å². The van der Waals surface area contributed by atoms with E-state index in [1.807, 2.05) is 127 Å². The van der Waals surface area contributed by atoms with Crippen LogP contribution >= 0.6 is 0 Å². The van der Waals surface area contributed by atoms with Gasteiger partial charge in [0.15, 0.2) is 52.4 Å². The van der Waals surface area contributed by atoms with E-state index in [9.17, 15) is 0 Å². The molecule has 3 aromatic heterocycles. The van der Waals surface area contributed by atoms with Crippen molar-refractivity contribution in [2.75, 3.05) is 0 Å². The number of rotatable bonds is 18. The number of nitrogens with zero attached hydrogens (tertiary/aromatic N) is 9. The molecule has 0 amide bonds. The Morgan fingerprint density at radius 1 is 0.120 bits per heavy atom. The summed E-state index contributed by atoms with van der Waals surface area (Å²) in [6.07, 6.45) is 0. The van der Waals surface area contributed by atoms with Gasteiger partial charge in [-0.3, -0.25) is 0 Å². The van der Waals surface area contributed by atoms with Crippen molar-refractivity contribution in [3.8, 4) is 170 Å². The van der Waals surface area contributed by atoms with Crippen LogP contribution in [0.5, 0.6) is 34.5 Å². The van der Waals surface area contributed by atoms with Crippen LogP contribution in [0.15, 0.2) is 564 Å². The molecule has 0 N–H and O–H groups in total. The van der Waals surface area contributed by atoms with Gasteiger partial charge in [-0.05, 0) is 133 Å². The molecule has 12 nitrogen and oxygen atoms in total. The SMILES string of the molecule is c1ccc(-c2cccc(-c3nc(-c4ccccc4)nc(-c4ccc5c(c4)C(c4ccccc4)(c4ccccc4)c4ccccc4O5)n3)c2)cc1.c1ccc(-c2cccc(-c3nc(-c4ccccc4)nc(-c4ccc5c(c4)Oc4ccccc4C5(c4ccccc4)c4ccccc4)n3)c2)cc1.c1ccc(-c2cccc(-c3nc(-c4ccccc4)nc(-c4cccc5c4Oc4ccccc4C5(c4ccccc4)c4ccccc4)n3)c2)cc1. The van der Waals surface area contributed by atoms with Crippen LogP contribution in [0, 0.1) is 0 Å². The normalized spacial score (nSPS) is 12.7. The van der Waals surface area contributed by atoms with Crippen LogP contribution < -0.4 is 14.2 Å². The molecule has 21 aromatic carbocycles. The number of hydrogen-bond acceptors (Lipinski definition) is 12. The summed E-state index contributed by atoms with van der Waals surface area (Å²) in [7, 11) is 0. The molecule has 150 heavy (non-hydrogen) atoms. The first-order valence-electron chi connectivity index (χ1n) is 50.3. The summed E-state index contributed by atoms with van der Waals surface area (Å²) in [6, 6.07) is 195. The summed E-state index contributed by atoms with van der Waals surface area (Å²) < 4.78 is 20.3. The number of ether oxygens (including phenoxy) is 3. The largest absolute Gasteiger partial charge is 0.457 e. The molecule has 0 aliphatic carbocycles. The summed E-state index contributed by atoms with van der Waals surface area (Å²) in [6.45, 7) is 0. The van der Waals surface area contributed by atoms with Crippen LogP contribution in [0.25, 0.3) is 136 Å². The van der Waals surface area contributed by atoms with Crippen LogP contribution in [0.1, 0.15) is 66.8 Å². The van der Waals surface area contributed by atoms with Crippen LogP contribution in [-0.4, -0.2) is 44.9 Å². The zero-order chi connectivity index (χ0) is 100.0. The van der Waals surface area contributed by atoms with E-state index >= 15 is 0 Å². The van der Waals surface area contributed by atoms with Crippen LogP contribution in [0.3, 0.4) is 0 Å². The summed E-state index contributed by atoms with van der Waals surface area (Å²) in [4.78, 5) is 45.8. The number of para-hydroxylation sites is 4. The van der Waals surface area contributed by atoms with Crippen LogP contribution in [0.2, 0.25) is 0 Å². The summed E-state index contributed by atoms with van der Waals surface area (Å²) in [5.41, 5.74) is 26.2. The molecule has 0 radical (unpaired) electrons. The Morgan fingerprint density at radius 2 is 0.333 bits per heavy atom. The second-order valence-electron chi connectivity index (χ2n) is 37.2. The Hall–Kier alpha value is -20.0. The van der Waals surface area contributed by atoms with Gasteiger partial charge in [0.25, 0.3) is 0 Å². The van der Waals surface area contributed by atoms with Gasteiger partial charge in [-0.1, -0.05) is 497 Å². The smallest absolute Gasteiger partial charge is 0.167 e. The third-order valence-corrected chi connectivity index (χ3v) is 28.4. The molecule has 0 saturated heterocycles. The van der Waals surface area contributed by atoms with Crippen molar-refractivity contribution in [3.63, 3.8) is 0 Å². The molecule has 0 atom stereocenters. The lowest BCUT2D eigenvalue weighted by Gasteiger charge is -2.42. The van der Waals surface area contributed by atoms with Gasteiger partial charge in [0.2, 0.25) is 0 Å². The maximum atomic E-state index is 6.93. The standard InChI is InChI=1S/3C46H31N3O/c1-5-17-32(18-6-1)34-21-15-22-35(31-34)44-47-43(33-19-7-2-8-20-33)48-45(49-44)38-27-16-29-40-42(38)50-41-30-14-13-28-39(41)46(40,36-23-9-3-10-24-36)37-25-11-4-12-26-37;1-5-16-32(17-6-1)34-20-15-21-35(30-34)44-47-43(33-18-7-2-8-19-33)48-45(49-44)36-28-29-42-40(31-36)46(37-22-9-3-10-23-37,38-24-11-4-12-25-38)39-26-13-14-27-41(39)50-42;1-5-16-32(17-6-1)34-20-15-21-35(30-34)44-47-43(33-18-7-2-8-19-33)48-45(49-44)36-28-29-40-42(31-36)50-41-27-14-13-26-39(41)46(40,37-22-9-3-10-23-37)38-24-11-4-12-25-38/h3*1-31H. The predicted molar refractivity (Wildman–Crippen MR) is 600 cm³/mol. The minimum absolute atomic E-state index is 0.547. The van der Waals surface area contributed by atoms with E-state index in [-0.39, 0.29) is 0 Å². The van der Waals surface area contributed by atoms with Crippen molar-refractivity contribution in [1.82, 2.24) is 44.9 Å². The minimum Gasteiger partial charge on any atom is -0.457 e. The van der Waals surface area contributed by atoms with Crippen molar-refractivity contribution in [2.45, 2.75) is 16.2 Å². The van der Waals surface area contributed by atoms with Crippen molar-refractivity contribution >= 4 is 0 Å². The Bertz CT molecular complexity index is 8790. The second-order valence-corrected chi connectivity index (χ2v) is 37.2. The van der Waals surface area contributed by atoms with Crippen molar-refractivity contribution < 1.29 is 14.2 Å². The molecule has 708 valence electrons. The first-order chi connectivity index (χ1) is 74.3. The Kier molecular flexibility index (Phi) is 24.5. The van der Waals surface area contributed by atoms with E-state index in [1.165, 1.54) is 11.1 Å². The van der Waals surface area contributed by atoms with E-state index in [0.29, 0.717) is 52.4 Å². The topological polar surface area (TPSA) is 144 Å². The fraction of sp³-hybridized carbons (Fsp3) is 0.0217. The van der Waals surface area contributed by atoms with E-state index in [0.717, 1.165) is 174 Å². The summed E-state index contributed by atoms with van der Waals surface area (Å²) >= 11 is 0. The maximum Gasteiger partial charge on any atom is 0.167 e. The van der Waals surface area contributed by atoms with Crippen LogP contribution in [-0.2, 0) is 16.2 Å². The molecule has 0 spiro atoms.